The number of halogens is 1. The summed E-state index contributed by atoms with van der Waals surface area (Å²) in [5.74, 6) is 1.11. The molecule has 110 valence electrons. The fourth-order valence-corrected chi connectivity index (χ4v) is 2.79. The van der Waals surface area contributed by atoms with Crippen molar-refractivity contribution in [1.82, 2.24) is 4.90 Å². The molecule has 0 bridgehead atoms. The van der Waals surface area contributed by atoms with Crippen LogP contribution in [0.4, 0.5) is 0 Å². The summed E-state index contributed by atoms with van der Waals surface area (Å²) in [6, 6.07) is 5.08. The molecule has 0 unspecified atom stereocenters. The summed E-state index contributed by atoms with van der Waals surface area (Å²) in [6.07, 6.45) is 1.53. The number of aliphatic hydroxyl groups excluding tert-OH is 1. The van der Waals surface area contributed by atoms with Crippen LogP contribution in [0.3, 0.4) is 0 Å². The highest BCUT2D eigenvalue weighted by Crippen LogP contribution is 2.28. The molecule has 1 N–H and O–H groups in total. The van der Waals surface area contributed by atoms with E-state index in [0.29, 0.717) is 28.8 Å². The molecular weight excluding hydrogens is 278 g/mol. The van der Waals surface area contributed by atoms with E-state index >= 15 is 0 Å². The van der Waals surface area contributed by atoms with Crippen molar-refractivity contribution in [2.75, 3.05) is 27.2 Å². The maximum Gasteiger partial charge on any atom is 0.176 e. The Morgan fingerprint density at radius 2 is 2.20 bits per heavy atom. The summed E-state index contributed by atoms with van der Waals surface area (Å²) in [5.41, 5.74) is 0.594. The highest BCUT2D eigenvalue weighted by molar-refractivity contribution is 6.32. The smallest absolute Gasteiger partial charge is 0.176 e. The predicted octanol–water partition coefficient (Wildman–Crippen LogP) is 2.23. The van der Waals surface area contributed by atoms with E-state index in [-0.39, 0.29) is 11.9 Å². The van der Waals surface area contributed by atoms with Gasteiger partial charge in [0.25, 0.3) is 0 Å². The monoisotopic (exact) mass is 297 g/mol. The molecule has 5 heteroatoms. The van der Waals surface area contributed by atoms with Crippen LogP contribution in [0.15, 0.2) is 18.2 Å². The van der Waals surface area contributed by atoms with E-state index in [0.717, 1.165) is 19.4 Å². The van der Waals surface area contributed by atoms with Gasteiger partial charge in [0.15, 0.2) is 5.78 Å². The number of hydrogen-bond donors (Lipinski definition) is 1. The number of ether oxygens (including phenoxy) is 1. The number of nitrogens with zero attached hydrogens (tertiary/aromatic N) is 1. The summed E-state index contributed by atoms with van der Waals surface area (Å²) in [5, 5.41) is 9.71. The van der Waals surface area contributed by atoms with Gasteiger partial charge in [-0.05, 0) is 44.0 Å². The first-order valence-corrected chi connectivity index (χ1v) is 7.10. The van der Waals surface area contributed by atoms with Gasteiger partial charge in [0.1, 0.15) is 5.75 Å². The van der Waals surface area contributed by atoms with Crippen molar-refractivity contribution in [3.63, 3.8) is 0 Å². The number of benzene rings is 1. The van der Waals surface area contributed by atoms with Crippen molar-refractivity contribution in [2.24, 2.45) is 5.92 Å². The lowest BCUT2D eigenvalue weighted by Gasteiger charge is -2.34. The Kier molecular flexibility index (Phi) is 5.02. The summed E-state index contributed by atoms with van der Waals surface area (Å²) < 4.78 is 5.07. The molecule has 0 heterocycles. The Bertz CT molecular complexity index is 486. The van der Waals surface area contributed by atoms with Gasteiger partial charge in [-0.15, -0.1) is 0 Å². The number of carbonyl (C=O) groups is 1. The third-order valence-electron chi connectivity index (χ3n) is 3.67. The zero-order valence-electron chi connectivity index (χ0n) is 11.8. The average molecular weight is 298 g/mol. The van der Waals surface area contributed by atoms with Gasteiger partial charge in [-0.25, -0.2) is 0 Å². The molecule has 1 saturated carbocycles. The minimum absolute atomic E-state index is 0.0388. The lowest BCUT2D eigenvalue weighted by molar-refractivity contribution is 0.0286. The number of rotatable bonds is 6. The molecule has 0 atom stereocenters. The Balaban J connectivity index is 1.89. The first-order chi connectivity index (χ1) is 9.49. The summed E-state index contributed by atoms with van der Waals surface area (Å²) in [6.45, 7) is 1.20. The molecule has 1 aliphatic rings. The molecule has 20 heavy (non-hydrogen) atoms. The maximum atomic E-state index is 12.2. The number of hydrogen-bond acceptors (Lipinski definition) is 4. The molecular formula is C15H20ClNO3. The second kappa shape index (κ2) is 6.57. The summed E-state index contributed by atoms with van der Waals surface area (Å²) in [7, 11) is 3.47. The van der Waals surface area contributed by atoms with Crippen molar-refractivity contribution < 1.29 is 14.6 Å². The van der Waals surface area contributed by atoms with Crippen LogP contribution in [-0.2, 0) is 0 Å². The largest absolute Gasteiger partial charge is 0.495 e. The van der Waals surface area contributed by atoms with Gasteiger partial charge in [-0.2, -0.15) is 0 Å². The standard InChI is InChI=1S/C15H20ClNO3/c1-17(8-10-5-12(18)6-10)9-14(19)11-3-4-15(20-2)13(16)7-11/h3-4,7,10,12,18H,5-6,8-9H2,1-2H3. The normalized spacial score (nSPS) is 21.6. The molecule has 1 aromatic carbocycles. The minimum Gasteiger partial charge on any atom is -0.495 e. The molecule has 4 nitrogen and oxygen atoms in total. The van der Waals surface area contributed by atoms with Crippen LogP contribution in [-0.4, -0.2) is 49.1 Å². The third kappa shape index (κ3) is 3.72. The highest BCUT2D eigenvalue weighted by Gasteiger charge is 2.28. The van der Waals surface area contributed by atoms with Crippen molar-refractivity contribution >= 4 is 17.4 Å². The van der Waals surface area contributed by atoms with Crippen LogP contribution < -0.4 is 4.74 Å². The van der Waals surface area contributed by atoms with E-state index in [1.165, 1.54) is 0 Å². The molecule has 0 spiro atoms. The molecule has 1 fully saturated rings. The van der Waals surface area contributed by atoms with Crippen LogP contribution in [0.1, 0.15) is 23.2 Å². The number of aliphatic hydroxyl groups is 1. The molecule has 1 aliphatic carbocycles. The zero-order chi connectivity index (χ0) is 14.7. The van der Waals surface area contributed by atoms with E-state index < -0.39 is 0 Å². The van der Waals surface area contributed by atoms with Gasteiger partial charge in [-0.3, -0.25) is 9.69 Å². The van der Waals surface area contributed by atoms with Gasteiger partial charge in [0, 0.05) is 12.1 Å². The molecule has 0 amide bonds. The number of likely N-dealkylation sites (N-methyl/N-ethyl adjacent to an activating group) is 1. The van der Waals surface area contributed by atoms with Crippen LogP contribution in [0.25, 0.3) is 0 Å². The van der Waals surface area contributed by atoms with Gasteiger partial charge >= 0.3 is 0 Å². The SMILES string of the molecule is COc1ccc(C(=O)CN(C)CC2CC(O)C2)cc1Cl. The van der Waals surface area contributed by atoms with Gasteiger partial charge in [0.2, 0.25) is 0 Å². The Hall–Kier alpha value is -1.10. The topological polar surface area (TPSA) is 49.8 Å². The average Bonchev–Trinajstić information content (AvgIpc) is 2.36. The van der Waals surface area contributed by atoms with E-state index in [1.807, 2.05) is 11.9 Å². The van der Waals surface area contributed by atoms with Crippen molar-refractivity contribution in [3.05, 3.63) is 28.8 Å². The Morgan fingerprint density at radius 1 is 1.50 bits per heavy atom. The Morgan fingerprint density at radius 3 is 2.75 bits per heavy atom. The first kappa shape index (κ1) is 15.3. The number of methoxy groups -OCH3 is 1. The number of carbonyl (C=O) groups excluding carboxylic acids is 1. The molecule has 2 rings (SSSR count). The van der Waals surface area contributed by atoms with Gasteiger partial charge in [0.05, 0.1) is 24.8 Å². The second-order valence-electron chi connectivity index (χ2n) is 5.46. The van der Waals surface area contributed by atoms with E-state index in [9.17, 15) is 9.90 Å². The van der Waals surface area contributed by atoms with E-state index in [1.54, 1.807) is 25.3 Å². The van der Waals surface area contributed by atoms with Crippen LogP contribution in [0, 0.1) is 5.92 Å². The van der Waals surface area contributed by atoms with Crippen molar-refractivity contribution in [2.45, 2.75) is 18.9 Å². The van der Waals surface area contributed by atoms with Gasteiger partial charge in [-0.1, -0.05) is 11.6 Å². The predicted molar refractivity (Wildman–Crippen MR) is 78.6 cm³/mol. The van der Waals surface area contributed by atoms with E-state index in [2.05, 4.69) is 0 Å². The Labute approximate surface area is 124 Å². The third-order valence-corrected chi connectivity index (χ3v) is 3.96. The number of Topliss-reactive ketones (excluding diaryl/α,β-unsaturated/α-hetero) is 1. The van der Waals surface area contributed by atoms with Crippen molar-refractivity contribution in [3.8, 4) is 5.75 Å². The maximum absolute atomic E-state index is 12.2. The number of ketones is 1. The molecule has 0 aromatic heterocycles. The van der Waals surface area contributed by atoms with Crippen LogP contribution >= 0.6 is 11.6 Å². The molecule has 0 aliphatic heterocycles. The first-order valence-electron chi connectivity index (χ1n) is 6.73. The second-order valence-corrected chi connectivity index (χ2v) is 5.87. The summed E-state index contributed by atoms with van der Waals surface area (Å²) in [4.78, 5) is 14.2. The van der Waals surface area contributed by atoms with Crippen LogP contribution in [0.5, 0.6) is 5.75 Å². The fourth-order valence-electron chi connectivity index (χ4n) is 2.53. The summed E-state index contributed by atoms with van der Waals surface area (Å²) >= 11 is 6.02. The molecule has 0 radical (unpaired) electrons. The quantitative estimate of drug-likeness (QED) is 0.818. The zero-order valence-corrected chi connectivity index (χ0v) is 12.6. The van der Waals surface area contributed by atoms with E-state index in [4.69, 9.17) is 16.3 Å². The van der Waals surface area contributed by atoms with Crippen molar-refractivity contribution in [1.29, 1.82) is 0 Å². The fraction of sp³-hybridized carbons (Fsp3) is 0.533. The molecule has 0 saturated heterocycles. The lowest BCUT2D eigenvalue weighted by Crippen LogP contribution is -2.38. The van der Waals surface area contributed by atoms with Crippen LogP contribution in [0.2, 0.25) is 5.02 Å². The lowest BCUT2D eigenvalue weighted by atomic mass is 9.82. The van der Waals surface area contributed by atoms with Gasteiger partial charge < -0.3 is 9.84 Å². The highest BCUT2D eigenvalue weighted by atomic mass is 35.5. The molecule has 1 aromatic rings. The minimum atomic E-state index is -0.149.